The zero-order valence-corrected chi connectivity index (χ0v) is 18.0. The fourth-order valence-corrected chi connectivity index (χ4v) is 4.12. The molecule has 1 atom stereocenters. The van der Waals surface area contributed by atoms with Gasteiger partial charge in [0.1, 0.15) is 18.2 Å². The van der Waals surface area contributed by atoms with Crippen molar-refractivity contribution in [3.8, 4) is 5.75 Å². The maximum Gasteiger partial charge on any atom is 0.252 e. The van der Waals surface area contributed by atoms with Crippen LogP contribution in [0.4, 0.5) is 5.69 Å². The van der Waals surface area contributed by atoms with Crippen molar-refractivity contribution in [1.29, 1.82) is 0 Å². The van der Waals surface area contributed by atoms with Crippen molar-refractivity contribution in [2.75, 3.05) is 31.6 Å². The highest BCUT2D eigenvalue weighted by atomic mass is 16.5. The molecule has 3 aromatic rings. The Morgan fingerprint density at radius 1 is 1.30 bits per heavy atom. The Balaban J connectivity index is 1.39. The highest BCUT2D eigenvalue weighted by molar-refractivity contribution is 5.76. The molecular formula is C22H28N6O2. The Morgan fingerprint density at radius 3 is 2.90 bits per heavy atom. The fraction of sp³-hybridized carbons (Fsp3) is 0.455. The second-order valence-corrected chi connectivity index (χ2v) is 7.75. The van der Waals surface area contributed by atoms with E-state index in [1.165, 1.54) is 6.33 Å². The summed E-state index contributed by atoms with van der Waals surface area (Å²) in [5.74, 6) is 1.57. The molecule has 8 heteroatoms. The lowest BCUT2D eigenvalue weighted by atomic mass is 10.1. The number of likely N-dealkylation sites (N-methyl/N-ethyl adjacent to an activating group) is 2. The minimum absolute atomic E-state index is 0.0505. The number of hydrogen-bond donors (Lipinski definition) is 0. The molecule has 0 saturated heterocycles. The Hall–Kier alpha value is -3.16. The second kappa shape index (κ2) is 8.30. The summed E-state index contributed by atoms with van der Waals surface area (Å²) in [6.45, 7) is 8.33. The van der Waals surface area contributed by atoms with E-state index >= 15 is 0 Å². The summed E-state index contributed by atoms with van der Waals surface area (Å²) >= 11 is 0. The Labute approximate surface area is 176 Å². The maximum atomic E-state index is 12.8. The summed E-state index contributed by atoms with van der Waals surface area (Å²) in [4.78, 5) is 25.5. The smallest absolute Gasteiger partial charge is 0.252 e. The Kier molecular flexibility index (Phi) is 5.57. The largest absolute Gasteiger partial charge is 0.485 e. The number of benzene rings is 1. The first-order chi connectivity index (χ1) is 14.5. The molecule has 4 rings (SSSR count). The number of amides is 1. The first-order valence-corrected chi connectivity index (χ1v) is 10.4. The summed E-state index contributed by atoms with van der Waals surface area (Å²) in [5.41, 5.74) is 4.05. The van der Waals surface area contributed by atoms with Crippen LogP contribution in [-0.2, 0) is 11.2 Å². The molecular weight excluding hydrogens is 380 g/mol. The van der Waals surface area contributed by atoms with E-state index in [4.69, 9.17) is 4.74 Å². The first-order valence-electron chi connectivity index (χ1n) is 10.4. The third-order valence-corrected chi connectivity index (χ3v) is 5.79. The highest BCUT2D eigenvalue weighted by Crippen LogP contribution is 2.32. The summed E-state index contributed by atoms with van der Waals surface area (Å²) in [6.07, 6.45) is 2.49. The molecule has 3 heterocycles. The van der Waals surface area contributed by atoms with Crippen LogP contribution >= 0.6 is 0 Å². The van der Waals surface area contributed by atoms with Crippen LogP contribution in [0.5, 0.6) is 5.75 Å². The molecule has 1 aliphatic heterocycles. The van der Waals surface area contributed by atoms with Crippen molar-refractivity contribution in [2.24, 2.45) is 0 Å². The second-order valence-electron chi connectivity index (χ2n) is 7.75. The molecule has 0 saturated carbocycles. The number of aryl methyl sites for hydroxylation is 2. The minimum atomic E-state index is -0.0505. The van der Waals surface area contributed by atoms with Crippen LogP contribution in [0.3, 0.4) is 0 Å². The number of nitrogens with zero attached hydrogens (tertiary/aromatic N) is 6. The zero-order valence-electron chi connectivity index (χ0n) is 18.0. The van der Waals surface area contributed by atoms with Crippen LogP contribution in [-0.4, -0.2) is 63.2 Å². The van der Waals surface area contributed by atoms with E-state index in [9.17, 15) is 4.79 Å². The first kappa shape index (κ1) is 20.1. The van der Waals surface area contributed by atoms with Crippen molar-refractivity contribution in [2.45, 2.75) is 39.7 Å². The molecule has 2 aromatic heterocycles. The van der Waals surface area contributed by atoms with E-state index in [1.54, 1.807) is 9.42 Å². The third-order valence-electron chi connectivity index (χ3n) is 5.79. The van der Waals surface area contributed by atoms with Gasteiger partial charge in [-0.2, -0.15) is 10.1 Å². The lowest BCUT2D eigenvalue weighted by Crippen LogP contribution is -2.46. The lowest BCUT2D eigenvalue weighted by molar-refractivity contribution is -0.130. The SMILES string of the molecule is CCN1C[C@@H](CN(C)C(=O)CCc2c(C)nc3ncnn3c2C)Oc2ccccc21. The standard InChI is InChI=1S/C22H28N6O2/c1-5-27-13-17(30-20-9-7-6-8-19(20)27)12-26(4)21(29)11-10-18-15(2)25-22-23-14-24-28(22)16(18)3/h6-9,14,17H,5,10-13H2,1-4H3/t17-/m1/s1. The van der Waals surface area contributed by atoms with Gasteiger partial charge in [-0.25, -0.2) is 9.50 Å². The average Bonchev–Trinajstić information content (AvgIpc) is 3.21. The number of fused-ring (bicyclic) bond motifs is 2. The van der Waals surface area contributed by atoms with Gasteiger partial charge in [0, 0.05) is 31.4 Å². The Morgan fingerprint density at radius 2 is 2.10 bits per heavy atom. The number of carbonyl (C=O) groups is 1. The summed E-state index contributed by atoms with van der Waals surface area (Å²) in [7, 11) is 1.85. The third kappa shape index (κ3) is 3.81. The molecule has 1 amide bonds. The molecule has 0 spiro atoms. The van der Waals surface area contributed by atoms with E-state index in [0.29, 0.717) is 25.2 Å². The number of hydrogen-bond acceptors (Lipinski definition) is 6. The summed E-state index contributed by atoms with van der Waals surface area (Å²) < 4.78 is 7.89. The van der Waals surface area contributed by atoms with Crippen molar-refractivity contribution in [1.82, 2.24) is 24.5 Å². The predicted molar refractivity (Wildman–Crippen MR) is 115 cm³/mol. The molecule has 0 fully saturated rings. The van der Waals surface area contributed by atoms with Gasteiger partial charge in [0.25, 0.3) is 5.78 Å². The van der Waals surface area contributed by atoms with Gasteiger partial charge in [0.05, 0.1) is 18.8 Å². The van der Waals surface area contributed by atoms with Crippen molar-refractivity contribution >= 4 is 17.4 Å². The topological polar surface area (TPSA) is 75.9 Å². The van der Waals surface area contributed by atoms with Gasteiger partial charge in [-0.05, 0) is 44.9 Å². The van der Waals surface area contributed by atoms with Crippen LogP contribution < -0.4 is 9.64 Å². The van der Waals surface area contributed by atoms with Crippen molar-refractivity contribution in [3.63, 3.8) is 0 Å². The van der Waals surface area contributed by atoms with Gasteiger partial charge in [-0.3, -0.25) is 4.79 Å². The fourth-order valence-electron chi connectivity index (χ4n) is 4.12. The predicted octanol–water partition coefficient (Wildman–Crippen LogP) is 2.42. The van der Waals surface area contributed by atoms with Gasteiger partial charge in [-0.15, -0.1) is 0 Å². The van der Waals surface area contributed by atoms with E-state index in [-0.39, 0.29) is 12.0 Å². The van der Waals surface area contributed by atoms with E-state index in [2.05, 4.69) is 33.0 Å². The molecule has 0 bridgehead atoms. The monoisotopic (exact) mass is 408 g/mol. The van der Waals surface area contributed by atoms with Gasteiger partial charge in [-0.1, -0.05) is 12.1 Å². The number of ether oxygens (including phenoxy) is 1. The van der Waals surface area contributed by atoms with E-state index in [1.807, 2.05) is 39.1 Å². The van der Waals surface area contributed by atoms with Gasteiger partial charge >= 0.3 is 0 Å². The van der Waals surface area contributed by atoms with Crippen molar-refractivity contribution < 1.29 is 9.53 Å². The van der Waals surface area contributed by atoms with Crippen LogP contribution in [0, 0.1) is 13.8 Å². The molecule has 0 N–H and O–H groups in total. The van der Waals surface area contributed by atoms with Crippen LogP contribution in [0.1, 0.15) is 30.3 Å². The molecule has 0 unspecified atom stereocenters. The highest BCUT2D eigenvalue weighted by Gasteiger charge is 2.26. The maximum absolute atomic E-state index is 12.8. The van der Waals surface area contributed by atoms with E-state index < -0.39 is 0 Å². The normalized spacial score (nSPS) is 15.7. The van der Waals surface area contributed by atoms with Gasteiger partial charge < -0.3 is 14.5 Å². The lowest BCUT2D eigenvalue weighted by Gasteiger charge is -2.37. The zero-order chi connectivity index (χ0) is 21.3. The number of rotatable bonds is 6. The molecule has 1 aromatic carbocycles. The Bertz CT molecular complexity index is 1060. The van der Waals surface area contributed by atoms with Crippen LogP contribution in [0.2, 0.25) is 0 Å². The number of carbonyl (C=O) groups excluding carboxylic acids is 1. The van der Waals surface area contributed by atoms with Gasteiger partial charge in [0.15, 0.2) is 0 Å². The summed E-state index contributed by atoms with van der Waals surface area (Å²) in [5, 5.41) is 4.22. The quantitative estimate of drug-likeness (QED) is 0.624. The van der Waals surface area contributed by atoms with E-state index in [0.717, 1.165) is 41.5 Å². The van der Waals surface area contributed by atoms with Crippen LogP contribution in [0.15, 0.2) is 30.6 Å². The van der Waals surface area contributed by atoms with Gasteiger partial charge in [0.2, 0.25) is 5.91 Å². The molecule has 8 nitrogen and oxygen atoms in total. The molecule has 30 heavy (non-hydrogen) atoms. The summed E-state index contributed by atoms with van der Waals surface area (Å²) in [6, 6.07) is 8.07. The van der Waals surface area contributed by atoms with Crippen molar-refractivity contribution in [3.05, 3.63) is 47.5 Å². The number of anilines is 1. The molecule has 1 aliphatic rings. The minimum Gasteiger partial charge on any atom is -0.485 e. The molecule has 0 radical (unpaired) electrons. The average molecular weight is 409 g/mol. The number of aromatic nitrogens is 4. The molecule has 0 aliphatic carbocycles. The molecule has 158 valence electrons. The van der Waals surface area contributed by atoms with Crippen LogP contribution in [0.25, 0.3) is 5.78 Å². The number of para-hydroxylation sites is 2.